The zero-order valence-corrected chi connectivity index (χ0v) is 71.1. The van der Waals surface area contributed by atoms with Crippen LogP contribution in [-0.4, -0.2) is 262 Å². The Morgan fingerprint density at radius 3 is 1.26 bits per heavy atom. The molecule has 6 rings (SSSR count). The molecule has 0 bridgehead atoms. The summed E-state index contributed by atoms with van der Waals surface area (Å²) in [6.45, 7) is 30.6. The summed E-state index contributed by atoms with van der Waals surface area (Å²) >= 11 is 0. The second-order valence-corrected chi connectivity index (χ2v) is 34.0. The van der Waals surface area contributed by atoms with Gasteiger partial charge in [-0.25, -0.2) is 38.2 Å². The minimum Gasteiger partial charge on any atom is -0.463 e. The van der Waals surface area contributed by atoms with Crippen molar-refractivity contribution < 1.29 is 157 Å². The molecule has 19 atom stereocenters. The number of ether oxygens (including phenoxy) is 19. The number of benzene rings is 1. The van der Waals surface area contributed by atoms with Gasteiger partial charge < -0.3 is 122 Å². The molecule has 1 saturated carbocycles. The third kappa shape index (κ3) is 31.6. The lowest BCUT2D eigenvalue weighted by atomic mass is 9.83. The number of carbonyl (C=O) groups excluding carboxylic acids is 13. The number of hydrogen-bond donors (Lipinski definition) is 6. The average Bonchev–Trinajstić information content (AvgIpc) is 1.74. The van der Waals surface area contributed by atoms with Gasteiger partial charge in [0, 0.05) is 53.7 Å². The normalized spacial score (nSPS) is 26.5. The summed E-state index contributed by atoms with van der Waals surface area (Å²) in [5, 5.41) is 35.7. The molecule has 4 aliphatic rings. The van der Waals surface area contributed by atoms with E-state index in [9.17, 15) is 72.4 Å². The third-order valence-corrected chi connectivity index (χ3v) is 16.4. The van der Waals surface area contributed by atoms with Crippen LogP contribution >= 0.6 is 0 Å². The molecule has 4 fully saturated rings. The highest BCUT2D eigenvalue weighted by Gasteiger charge is 2.61. The molecule has 0 unspecified atom stereocenters. The van der Waals surface area contributed by atoms with Crippen LogP contribution in [0.4, 0.5) is 34.5 Å². The number of nitro groups is 1. The summed E-state index contributed by atoms with van der Waals surface area (Å²) in [6, 6.07) is -4.34. The Morgan fingerprint density at radius 2 is 0.807 bits per heavy atom. The van der Waals surface area contributed by atoms with Crippen LogP contribution in [0.25, 0.3) is 0 Å². The maximum atomic E-state index is 14.6. The van der Waals surface area contributed by atoms with E-state index in [2.05, 4.69) is 42.2 Å². The molecule has 44 nitrogen and oxygen atoms in total. The van der Waals surface area contributed by atoms with E-state index in [4.69, 9.17) is 90.0 Å². The van der Waals surface area contributed by atoms with Gasteiger partial charge in [-0.3, -0.25) is 38.9 Å². The summed E-state index contributed by atoms with van der Waals surface area (Å²) in [6.07, 6.45) is -33.7. The molecule has 3 saturated heterocycles. The molecular formula is C75H112N10O34. The average molecular weight is 1700 g/mol. The number of nitrogens with zero attached hydrogens (tertiary/aromatic N) is 4. The largest absolute Gasteiger partial charge is 0.463 e. The van der Waals surface area contributed by atoms with Crippen molar-refractivity contribution in [2.45, 2.75) is 329 Å². The Labute approximate surface area is 686 Å². The summed E-state index contributed by atoms with van der Waals surface area (Å²) < 4.78 is 118. The predicted octanol–water partition coefficient (Wildman–Crippen LogP) is 5.66. The fourth-order valence-corrected chi connectivity index (χ4v) is 12.5. The van der Waals surface area contributed by atoms with Gasteiger partial charge in [0.1, 0.15) is 107 Å². The highest BCUT2D eigenvalue weighted by atomic mass is 16.8. The zero-order chi connectivity index (χ0) is 89.5. The van der Waals surface area contributed by atoms with E-state index in [0.717, 1.165) is 70.5 Å². The molecule has 1 aliphatic carbocycles. The number of carbonyl (C=O) groups is 13. The SMILES string of the molecule is CC(=O)OC[C@H]1O[C@@H](O[C@@H]2[C@@H](OC(C)=O)[C@H](NC(=O)OC(C)(C)C)C[C@H](NC(=O)OC(C)(C)C)[C@H]2O[C@H]2O[C@H](CNC(=O)OC(C)(C)C)[C@@H](OC(C)=O)[C@H](OC(C)=O)[C@H]2NC(=O)OC(C)(C)C)[C@H](OC(C)=O)[C@@H]1O[C@H]1O[C@@H](CNC(=O)OC(C)(C)C)[C@@H](OC(C)=O)[C@H](n2cc(COC(=O)c3ccc([N+](=O)[O-])cc3)nn2)[C@H]1NC(=O)OC(C)(C)C. The molecule has 1 aromatic heterocycles. The molecule has 6 N–H and O–H groups in total. The molecule has 44 heteroatoms. The van der Waals surface area contributed by atoms with Crippen LogP contribution in [0.2, 0.25) is 0 Å². The Bertz CT molecular complexity index is 3930. The number of hydrogen-bond acceptors (Lipinski definition) is 36. The van der Waals surface area contributed by atoms with Crippen LogP contribution in [0.1, 0.15) is 195 Å². The number of nitro benzene ring substituents is 1. The van der Waals surface area contributed by atoms with Crippen molar-refractivity contribution in [2.24, 2.45) is 0 Å². The monoisotopic (exact) mass is 1700 g/mol. The predicted molar refractivity (Wildman–Crippen MR) is 402 cm³/mol. The van der Waals surface area contributed by atoms with Crippen molar-refractivity contribution in [3.8, 4) is 0 Å². The van der Waals surface area contributed by atoms with E-state index < -0.39 is 266 Å². The smallest absolute Gasteiger partial charge is 0.408 e. The van der Waals surface area contributed by atoms with Crippen molar-refractivity contribution in [3.63, 3.8) is 0 Å². The standard InChI is InChI=1S/C75H112N10O34/c1-35(86)101-34-48-56(112-61-49(80-68(97)118-74(19,20)21)51(54(104-37(3)88)46(108-61)30-76-64(93)114-70(7,8)9)84-32-42(82-83-84)33-102-60(92)41-25-27-43(28-26-41)85(99)100)59(107-40(6)91)63(110-48)113-58-52(103-36(2)87)44(78-66(95)116-72(13,14)15)29-45(79-67(96)117-73(16,17)18)53(58)111-62-50(81-69(98)119-75(22,23)24)57(106-39(5)90)55(105-38(4)89)47(109-62)31-77-65(94)115-71(10,11)12/h25-28,32,44-59,61-63H,29-31,33-34H2,1-24H3,(H,76,93)(H,77,94)(H,78,95)(H,79,96)(H,80,97)(H,81,98)/t44-,45+,46+,47-,48-,49-,50-,51-,52+,53-,54-,55-,56-,57-,58-,59-,61-,62-,63+/m1/s1. The lowest BCUT2D eigenvalue weighted by Crippen LogP contribution is -2.71. The van der Waals surface area contributed by atoms with Crippen LogP contribution in [0.15, 0.2) is 30.5 Å². The maximum absolute atomic E-state index is 14.6. The second-order valence-electron chi connectivity index (χ2n) is 34.0. The number of alkyl carbamates (subject to hydrolysis) is 6. The minimum atomic E-state index is -2.24. The van der Waals surface area contributed by atoms with Gasteiger partial charge in [0.15, 0.2) is 49.4 Å². The summed E-state index contributed by atoms with van der Waals surface area (Å²) in [5.41, 5.74) is -7.82. The summed E-state index contributed by atoms with van der Waals surface area (Å²) in [5.74, 6) is -7.21. The van der Waals surface area contributed by atoms with Crippen molar-refractivity contribution in [1.29, 1.82) is 0 Å². The van der Waals surface area contributed by atoms with Gasteiger partial charge in [0.25, 0.3) is 5.69 Å². The number of esters is 7. The van der Waals surface area contributed by atoms with Crippen LogP contribution < -0.4 is 31.9 Å². The Morgan fingerprint density at radius 1 is 0.429 bits per heavy atom. The molecule has 666 valence electrons. The van der Waals surface area contributed by atoms with Gasteiger partial charge in [-0.05, 0) is 143 Å². The van der Waals surface area contributed by atoms with E-state index in [1.54, 1.807) is 41.5 Å². The van der Waals surface area contributed by atoms with Gasteiger partial charge in [-0.1, -0.05) is 5.21 Å². The van der Waals surface area contributed by atoms with Crippen LogP contribution in [0.5, 0.6) is 0 Å². The minimum absolute atomic E-state index is 0.105. The number of nitrogens with one attached hydrogen (secondary N) is 6. The molecule has 0 radical (unpaired) electrons. The molecule has 1 aromatic carbocycles. The Hall–Kier alpha value is -10.6. The van der Waals surface area contributed by atoms with Gasteiger partial charge in [-0.15, -0.1) is 5.10 Å². The van der Waals surface area contributed by atoms with Crippen molar-refractivity contribution in [1.82, 2.24) is 46.9 Å². The van der Waals surface area contributed by atoms with Gasteiger partial charge >= 0.3 is 78.3 Å². The number of rotatable bonds is 26. The first-order valence-electron chi connectivity index (χ1n) is 38.0. The van der Waals surface area contributed by atoms with Crippen molar-refractivity contribution in [3.05, 3.63) is 51.8 Å². The topological polar surface area (TPSA) is 543 Å². The first-order chi connectivity index (χ1) is 54.8. The third-order valence-electron chi connectivity index (χ3n) is 16.4. The van der Waals surface area contributed by atoms with Crippen LogP contribution in [-0.2, 0) is 125 Å². The van der Waals surface area contributed by atoms with E-state index in [-0.39, 0.29) is 16.9 Å². The second kappa shape index (κ2) is 40.5. The van der Waals surface area contributed by atoms with Crippen molar-refractivity contribution >= 4 is 84.0 Å². The lowest BCUT2D eigenvalue weighted by molar-refractivity contribution is -0.384. The fraction of sp³-hybridized carbons (Fsp3) is 0.720. The molecule has 3 aliphatic heterocycles. The number of amides is 6. The zero-order valence-electron chi connectivity index (χ0n) is 71.1. The molecule has 2 aromatic rings. The summed E-state index contributed by atoms with van der Waals surface area (Å²) in [7, 11) is 0. The molecule has 6 amide bonds. The molecule has 4 heterocycles. The van der Waals surface area contributed by atoms with Gasteiger partial charge in [-0.2, -0.15) is 0 Å². The summed E-state index contributed by atoms with van der Waals surface area (Å²) in [4.78, 5) is 191. The van der Waals surface area contributed by atoms with Crippen LogP contribution in [0.3, 0.4) is 0 Å². The quantitative estimate of drug-likeness (QED) is 0.0286. The first-order valence-corrected chi connectivity index (χ1v) is 38.0. The van der Waals surface area contributed by atoms with E-state index in [1.807, 2.05) is 0 Å². The first kappa shape index (κ1) is 97.3. The molecule has 119 heavy (non-hydrogen) atoms. The van der Waals surface area contributed by atoms with Crippen LogP contribution in [0, 0.1) is 10.1 Å². The van der Waals surface area contributed by atoms with Gasteiger partial charge in [0.2, 0.25) is 0 Å². The number of aromatic nitrogens is 3. The fourth-order valence-electron chi connectivity index (χ4n) is 12.5. The Kier molecular flexibility index (Phi) is 33.1. The maximum Gasteiger partial charge on any atom is 0.408 e. The van der Waals surface area contributed by atoms with E-state index >= 15 is 0 Å². The Balaban J connectivity index is 1.66. The van der Waals surface area contributed by atoms with Crippen molar-refractivity contribution in [2.75, 3.05) is 19.7 Å². The highest BCUT2D eigenvalue weighted by Crippen LogP contribution is 2.41. The lowest BCUT2D eigenvalue weighted by Gasteiger charge is -2.50. The van der Waals surface area contributed by atoms with E-state index in [0.29, 0.717) is 0 Å². The molecular weight excluding hydrogens is 1580 g/mol. The van der Waals surface area contributed by atoms with E-state index in [1.165, 1.54) is 89.3 Å². The molecule has 0 spiro atoms. The van der Waals surface area contributed by atoms with Gasteiger partial charge in [0.05, 0.1) is 41.9 Å². The number of non-ortho nitro benzene ring substituents is 1. The highest BCUT2D eigenvalue weighted by molar-refractivity contribution is 5.89.